The molecule has 0 fully saturated rings. The Morgan fingerprint density at radius 3 is 2.67 bits per heavy atom. The number of benzene rings is 1. The van der Waals surface area contributed by atoms with Crippen molar-refractivity contribution in [2.24, 2.45) is 5.73 Å². The first-order chi connectivity index (χ1) is 8.36. The van der Waals surface area contributed by atoms with Crippen LogP contribution in [0.25, 0.3) is 0 Å². The summed E-state index contributed by atoms with van der Waals surface area (Å²) in [6.07, 6.45) is -1.10. The Morgan fingerprint density at radius 2 is 2.11 bits per heavy atom. The predicted octanol–water partition coefficient (Wildman–Crippen LogP) is 1.34. The van der Waals surface area contributed by atoms with Gasteiger partial charge in [0, 0.05) is 6.42 Å². The minimum Gasteiger partial charge on any atom is -0.334 e. The van der Waals surface area contributed by atoms with Crippen molar-refractivity contribution in [3.05, 3.63) is 29.3 Å². The fourth-order valence-corrected chi connectivity index (χ4v) is 2.42. The first kappa shape index (κ1) is 14.1. The highest BCUT2D eigenvalue weighted by molar-refractivity contribution is 7.87. The molecule has 1 aromatic rings. The maximum atomic E-state index is 11.8. The Kier molecular flexibility index (Phi) is 4.34. The van der Waals surface area contributed by atoms with E-state index in [1.54, 1.807) is 19.1 Å². The number of hydrogen-bond acceptors (Lipinski definition) is 4. The third-order valence-corrected chi connectivity index (χ3v) is 3.45. The van der Waals surface area contributed by atoms with Gasteiger partial charge in [0.2, 0.25) is 0 Å². The van der Waals surface area contributed by atoms with Crippen molar-refractivity contribution in [3.63, 3.8) is 0 Å². The number of carbonyl (C=O) groups excluding carboxylic acids is 1. The molecule has 0 aliphatic heterocycles. The molecule has 0 aromatic heterocycles. The van der Waals surface area contributed by atoms with Crippen LogP contribution >= 0.6 is 0 Å². The van der Waals surface area contributed by atoms with Crippen LogP contribution in [-0.4, -0.2) is 14.5 Å². The summed E-state index contributed by atoms with van der Waals surface area (Å²) in [5.41, 5.74) is 6.09. The Balaban J connectivity index is 3.29. The summed E-state index contributed by atoms with van der Waals surface area (Å²) in [5, 5.41) is 0. The SMILES string of the molecule is CC#CCc1cc(C)ccc1S(=O)(=O)OC(N)=O. The molecule has 0 radical (unpaired) electrons. The van der Waals surface area contributed by atoms with Gasteiger partial charge in [0.15, 0.2) is 0 Å². The highest BCUT2D eigenvalue weighted by atomic mass is 32.2. The van der Waals surface area contributed by atoms with Gasteiger partial charge in [-0.1, -0.05) is 23.6 Å². The quantitative estimate of drug-likeness (QED) is 0.661. The summed E-state index contributed by atoms with van der Waals surface area (Å²) in [7, 11) is -4.18. The first-order valence-corrected chi connectivity index (χ1v) is 6.50. The molecule has 0 aliphatic rings. The maximum Gasteiger partial charge on any atom is 0.420 e. The van der Waals surface area contributed by atoms with Gasteiger partial charge < -0.3 is 9.92 Å². The molecule has 18 heavy (non-hydrogen) atoms. The molecule has 0 spiro atoms. The lowest BCUT2D eigenvalue weighted by Crippen LogP contribution is -2.19. The summed E-state index contributed by atoms with van der Waals surface area (Å²) >= 11 is 0. The van der Waals surface area contributed by atoms with Crippen LogP contribution < -0.4 is 5.73 Å². The van der Waals surface area contributed by atoms with Gasteiger partial charge >= 0.3 is 16.2 Å². The minimum atomic E-state index is -4.18. The Morgan fingerprint density at radius 1 is 1.44 bits per heavy atom. The van der Waals surface area contributed by atoms with Crippen LogP contribution in [0.5, 0.6) is 0 Å². The molecule has 2 N–H and O–H groups in total. The zero-order valence-corrected chi connectivity index (χ0v) is 10.9. The average Bonchev–Trinajstić information content (AvgIpc) is 2.24. The molecule has 96 valence electrons. The zero-order valence-electron chi connectivity index (χ0n) is 10.1. The summed E-state index contributed by atoms with van der Waals surface area (Å²) in [4.78, 5) is 10.5. The fourth-order valence-electron chi connectivity index (χ4n) is 1.43. The highest BCUT2D eigenvalue weighted by Crippen LogP contribution is 2.20. The summed E-state index contributed by atoms with van der Waals surface area (Å²) in [6, 6.07) is 4.67. The minimum absolute atomic E-state index is 0.0883. The molecule has 0 heterocycles. The van der Waals surface area contributed by atoms with Crippen LogP contribution in [0.15, 0.2) is 23.1 Å². The van der Waals surface area contributed by atoms with Crippen molar-refractivity contribution in [1.82, 2.24) is 0 Å². The molecule has 0 bridgehead atoms. The van der Waals surface area contributed by atoms with Gasteiger partial charge in [-0.3, -0.25) is 0 Å². The molecule has 5 nitrogen and oxygen atoms in total. The van der Waals surface area contributed by atoms with Crippen LogP contribution in [0.2, 0.25) is 0 Å². The van der Waals surface area contributed by atoms with Gasteiger partial charge in [0.1, 0.15) is 4.90 Å². The molecular weight excluding hydrogens is 254 g/mol. The van der Waals surface area contributed by atoms with Crippen LogP contribution in [0.3, 0.4) is 0 Å². The average molecular weight is 267 g/mol. The number of hydrogen-bond donors (Lipinski definition) is 1. The van der Waals surface area contributed by atoms with Crippen molar-refractivity contribution < 1.29 is 17.4 Å². The fraction of sp³-hybridized carbons (Fsp3) is 0.250. The van der Waals surface area contributed by atoms with Crippen LogP contribution in [0, 0.1) is 18.8 Å². The summed E-state index contributed by atoms with van der Waals surface area (Å²) < 4.78 is 27.7. The lowest BCUT2D eigenvalue weighted by molar-refractivity contribution is 0.212. The van der Waals surface area contributed by atoms with Gasteiger partial charge in [0.05, 0.1) is 0 Å². The van der Waals surface area contributed by atoms with E-state index in [1.807, 2.05) is 6.92 Å². The van der Waals surface area contributed by atoms with Gasteiger partial charge in [0.25, 0.3) is 0 Å². The van der Waals surface area contributed by atoms with E-state index >= 15 is 0 Å². The van der Waals surface area contributed by atoms with E-state index in [0.717, 1.165) is 5.56 Å². The smallest absolute Gasteiger partial charge is 0.334 e. The molecule has 0 atom stereocenters. The number of rotatable bonds is 3. The van der Waals surface area contributed by atoms with Crippen molar-refractivity contribution in [1.29, 1.82) is 0 Å². The number of nitrogens with two attached hydrogens (primary N) is 1. The van der Waals surface area contributed by atoms with Crippen LogP contribution in [0.1, 0.15) is 18.1 Å². The van der Waals surface area contributed by atoms with Gasteiger partial charge in [-0.25, -0.2) is 4.79 Å². The van der Waals surface area contributed by atoms with Gasteiger partial charge in [-0.05, 0) is 25.5 Å². The number of amides is 1. The molecule has 1 rings (SSSR count). The third-order valence-electron chi connectivity index (χ3n) is 2.13. The van der Waals surface area contributed by atoms with E-state index in [1.165, 1.54) is 6.07 Å². The van der Waals surface area contributed by atoms with Gasteiger partial charge in [-0.2, -0.15) is 8.42 Å². The van der Waals surface area contributed by atoms with E-state index in [2.05, 4.69) is 16.0 Å². The Hall–Kier alpha value is -2.00. The summed E-state index contributed by atoms with van der Waals surface area (Å²) in [6.45, 7) is 3.48. The second-order valence-electron chi connectivity index (χ2n) is 3.57. The highest BCUT2D eigenvalue weighted by Gasteiger charge is 2.21. The monoisotopic (exact) mass is 267 g/mol. The Bertz CT molecular complexity index is 623. The van der Waals surface area contributed by atoms with Crippen LogP contribution in [0.4, 0.5) is 4.79 Å². The summed E-state index contributed by atoms with van der Waals surface area (Å²) in [5.74, 6) is 5.45. The second-order valence-corrected chi connectivity index (χ2v) is 5.09. The van der Waals surface area contributed by atoms with E-state index < -0.39 is 16.2 Å². The van der Waals surface area contributed by atoms with Crippen molar-refractivity contribution in [2.75, 3.05) is 0 Å². The van der Waals surface area contributed by atoms with Gasteiger partial charge in [-0.15, -0.1) is 5.92 Å². The number of aryl methyl sites for hydroxylation is 1. The zero-order chi connectivity index (χ0) is 13.8. The van der Waals surface area contributed by atoms with Crippen molar-refractivity contribution in [3.8, 4) is 11.8 Å². The second kappa shape index (κ2) is 5.56. The first-order valence-electron chi connectivity index (χ1n) is 5.10. The maximum absolute atomic E-state index is 11.8. The number of primary amides is 1. The lowest BCUT2D eigenvalue weighted by Gasteiger charge is -2.08. The number of carbonyl (C=O) groups is 1. The molecule has 1 aromatic carbocycles. The molecule has 6 heteroatoms. The molecule has 0 aliphatic carbocycles. The van der Waals surface area contributed by atoms with Crippen molar-refractivity contribution >= 4 is 16.2 Å². The third kappa shape index (κ3) is 3.50. The van der Waals surface area contributed by atoms with E-state index in [-0.39, 0.29) is 11.3 Å². The normalized spacial score (nSPS) is 10.3. The van der Waals surface area contributed by atoms with Crippen molar-refractivity contribution in [2.45, 2.75) is 25.2 Å². The molecule has 0 saturated heterocycles. The molecule has 0 saturated carbocycles. The largest absolute Gasteiger partial charge is 0.420 e. The standard InChI is InChI=1S/C12H13NO4S/c1-3-4-5-10-8-9(2)6-7-11(10)18(15,16)17-12(13)14/h6-8H,5H2,1-2H3,(H2,13,14). The Labute approximate surface area is 106 Å². The molecule has 1 amide bonds. The topological polar surface area (TPSA) is 86.5 Å². The lowest BCUT2D eigenvalue weighted by atomic mass is 10.1. The predicted molar refractivity (Wildman–Crippen MR) is 66.2 cm³/mol. The molecular formula is C12H13NO4S. The van der Waals surface area contributed by atoms with Crippen LogP contribution in [-0.2, 0) is 20.7 Å². The molecule has 0 unspecified atom stereocenters. The van der Waals surface area contributed by atoms with E-state index in [0.29, 0.717) is 5.56 Å². The van der Waals surface area contributed by atoms with E-state index in [9.17, 15) is 13.2 Å². The van der Waals surface area contributed by atoms with E-state index in [4.69, 9.17) is 5.73 Å².